The highest BCUT2D eigenvalue weighted by Gasteiger charge is 2.22. The van der Waals surface area contributed by atoms with Gasteiger partial charge in [0.05, 0.1) is 11.5 Å². The second kappa shape index (κ2) is 5.25. The minimum atomic E-state index is -0.402. The molecule has 1 rings (SSSR count). The van der Waals surface area contributed by atoms with Gasteiger partial charge >= 0.3 is 0 Å². The lowest BCUT2D eigenvalue weighted by atomic mass is 10.0. The summed E-state index contributed by atoms with van der Waals surface area (Å²) in [6, 6.07) is 6.55. The monoisotopic (exact) mass is 238 g/mol. The summed E-state index contributed by atoms with van der Waals surface area (Å²) in [5, 5.41) is 19.9. The highest BCUT2D eigenvalue weighted by Crippen LogP contribution is 2.18. The molecule has 0 amide bonds. The minimum absolute atomic E-state index is 0.0401. The Kier molecular flexibility index (Phi) is 4.20. The van der Waals surface area contributed by atoms with Crippen LogP contribution in [0, 0.1) is 10.1 Å². The van der Waals surface area contributed by atoms with E-state index < -0.39 is 4.92 Å². The van der Waals surface area contributed by atoms with Crippen molar-refractivity contribution in [1.29, 1.82) is 0 Å². The molecule has 0 atom stereocenters. The van der Waals surface area contributed by atoms with Crippen LogP contribution < -0.4 is 0 Å². The molecule has 5 nitrogen and oxygen atoms in total. The summed E-state index contributed by atoms with van der Waals surface area (Å²) in [7, 11) is 1.88. The van der Waals surface area contributed by atoms with Crippen molar-refractivity contribution in [1.82, 2.24) is 4.90 Å². The maximum atomic E-state index is 10.6. The Balaban J connectivity index is 2.82. The third-order valence-corrected chi connectivity index (χ3v) is 2.96. The van der Waals surface area contributed by atoms with E-state index in [9.17, 15) is 15.2 Å². The molecule has 17 heavy (non-hydrogen) atoms. The summed E-state index contributed by atoms with van der Waals surface area (Å²) >= 11 is 0. The average Bonchev–Trinajstić information content (AvgIpc) is 2.29. The van der Waals surface area contributed by atoms with E-state index in [-0.39, 0.29) is 17.8 Å². The van der Waals surface area contributed by atoms with Crippen molar-refractivity contribution in [3.05, 3.63) is 39.9 Å². The van der Waals surface area contributed by atoms with Gasteiger partial charge in [0.15, 0.2) is 0 Å². The molecule has 0 radical (unpaired) electrons. The number of likely N-dealkylation sites (N-methyl/N-ethyl adjacent to an activating group) is 1. The van der Waals surface area contributed by atoms with Crippen molar-refractivity contribution in [2.45, 2.75) is 25.9 Å². The summed E-state index contributed by atoms with van der Waals surface area (Å²) in [5.74, 6) is 0. The molecular weight excluding hydrogens is 220 g/mol. The Morgan fingerprint density at radius 1 is 1.47 bits per heavy atom. The van der Waals surface area contributed by atoms with Crippen molar-refractivity contribution in [3.63, 3.8) is 0 Å². The van der Waals surface area contributed by atoms with Crippen LogP contribution in [0.1, 0.15) is 19.4 Å². The average molecular weight is 238 g/mol. The third kappa shape index (κ3) is 3.51. The lowest BCUT2D eigenvalue weighted by Crippen LogP contribution is -2.43. The largest absolute Gasteiger partial charge is 0.394 e. The predicted molar refractivity (Wildman–Crippen MR) is 65.7 cm³/mol. The molecule has 0 aromatic heterocycles. The van der Waals surface area contributed by atoms with Crippen LogP contribution in [0.4, 0.5) is 5.69 Å². The molecule has 0 bridgehead atoms. The molecule has 0 spiro atoms. The van der Waals surface area contributed by atoms with Gasteiger partial charge in [0, 0.05) is 24.2 Å². The smallest absolute Gasteiger partial charge is 0.269 e. The Bertz CT molecular complexity index is 404. The molecule has 0 saturated heterocycles. The number of aliphatic hydroxyl groups excluding tert-OH is 1. The SMILES string of the molecule is CN(Cc1cccc([N+](=O)[O-])c1)C(C)(C)CO. The van der Waals surface area contributed by atoms with Gasteiger partial charge in [0.1, 0.15) is 0 Å². The quantitative estimate of drug-likeness (QED) is 0.627. The third-order valence-electron chi connectivity index (χ3n) is 2.96. The molecule has 1 N–H and O–H groups in total. The molecule has 0 heterocycles. The van der Waals surface area contributed by atoms with E-state index in [1.807, 2.05) is 31.9 Å². The summed E-state index contributed by atoms with van der Waals surface area (Å²) in [4.78, 5) is 12.2. The van der Waals surface area contributed by atoms with Gasteiger partial charge in [-0.1, -0.05) is 12.1 Å². The lowest BCUT2D eigenvalue weighted by Gasteiger charge is -2.33. The maximum absolute atomic E-state index is 10.6. The van der Waals surface area contributed by atoms with E-state index in [1.165, 1.54) is 6.07 Å². The molecule has 0 saturated carbocycles. The lowest BCUT2D eigenvalue weighted by molar-refractivity contribution is -0.384. The van der Waals surface area contributed by atoms with E-state index in [0.717, 1.165) is 5.56 Å². The molecule has 0 aliphatic heterocycles. The zero-order valence-corrected chi connectivity index (χ0v) is 10.4. The number of aliphatic hydroxyl groups is 1. The normalized spacial score (nSPS) is 11.8. The number of rotatable bonds is 5. The molecule has 0 fully saturated rings. The van der Waals surface area contributed by atoms with Crippen molar-refractivity contribution >= 4 is 5.69 Å². The molecule has 94 valence electrons. The van der Waals surface area contributed by atoms with Gasteiger partial charge in [0.25, 0.3) is 5.69 Å². The van der Waals surface area contributed by atoms with E-state index in [4.69, 9.17) is 0 Å². The van der Waals surface area contributed by atoms with E-state index in [1.54, 1.807) is 12.1 Å². The molecule has 0 aliphatic carbocycles. The van der Waals surface area contributed by atoms with Gasteiger partial charge in [-0.25, -0.2) is 0 Å². The Hall–Kier alpha value is -1.46. The Morgan fingerprint density at radius 2 is 2.12 bits per heavy atom. The summed E-state index contributed by atoms with van der Waals surface area (Å²) in [6.45, 7) is 4.45. The number of hydrogen-bond donors (Lipinski definition) is 1. The zero-order valence-electron chi connectivity index (χ0n) is 10.4. The second-order valence-corrected chi connectivity index (χ2v) is 4.75. The molecule has 1 aromatic carbocycles. The fourth-order valence-corrected chi connectivity index (χ4v) is 1.38. The van der Waals surface area contributed by atoms with Crippen LogP contribution in [0.2, 0.25) is 0 Å². The first kappa shape index (κ1) is 13.6. The maximum Gasteiger partial charge on any atom is 0.269 e. The number of nitro benzene ring substituents is 1. The summed E-state index contributed by atoms with van der Waals surface area (Å²) in [6.07, 6.45) is 0. The van der Waals surface area contributed by atoms with Crippen LogP contribution in [0.5, 0.6) is 0 Å². The Labute approximate surface area is 101 Å². The van der Waals surface area contributed by atoms with Gasteiger partial charge in [0.2, 0.25) is 0 Å². The first-order chi connectivity index (χ1) is 7.86. The van der Waals surface area contributed by atoms with Crippen molar-refractivity contribution in [2.24, 2.45) is 0 Å². The van der Waals surface area contributed by atoms with Gasteiger partial charge in [-0.3, -0.25) is 15.0 Å². The van der Waals surface area contributed by atoms with Crippen molar-refractivity contribution in [3.8, 4) is 0 Å². The highest BCUT2D eigenvalue weighted by molar-refractivity contribution is 5.34. The number of hydrogen-bond acceptors (Lipinski definition) is 4. The molecule has 0 aliphatic rings. The molecule has 1 aromatic rings. The fourth-order valence-electron chi connectivity index (χ4n) is 1.38. The number of nitrogens with zero attached hydrogens (tertiary/aromatic N) is 2. The minimum Gasteiger partial charge on any atom is -0.394 e. The first-order valence-electron chi connectivity index (χ1n) is 5.42. The van der Waals surface area contributed by atoms with Crippen LogP contribution in [0.3, 0.4) is 0 Å². The van der Waals surface area contributed by atoms with Gasteiger partial charge in [-0.2, -0.15) is 0 Å². The molecule has 0 unspecified atom stereocenters. The predicted octanol–water partition coefficient (Wildman–Crippen LogP) is 1.80. The second-order valence-electron chi connectivity index (χ2n) is 4.75. The number of non-ortho nitro benzene ring substituents is 1. The number of nitro groups is 1. The van der Waals surface area contributed by atoms with E-state index in [0.29, 0.717) is 6.54 Å². The van der Waals surface area contributed by atoms with Crippen LogP contribution >= 0.6 is 0 Å². The van der Waals surface area contributed by atoms with Crippen molar-refractivity contribution in [2.75, 3.05) is 13.7 Å². The van der Waals surface area contributed by atoms with Crippen LogP contribution in [0.15, 0.2) is 24.3 Å². The van der Waals surface area contributed by atoms with E-state index >= 15 is 0 Å². The fraction of sp³-hybridized carbons (Fsp3) is 0.500. The first-order valence-corrected chi connectivity index (χ1v) is 5.42. The van der Waals surface area contributed by atoms with Gasteiger partial charge in [-0.15, -0.1) is 0 Å². The van der Waals surface area contributed by atoms with Crippen LogP contribution in [-0.4, -0.2) is 34.1 Å². The van der Waals surface area contributed by atoms with Crippen LogP contribution in [-0.2, 0) is 6.54 Å². The molecule has 5 heteroatoms. The highest BCUT2D eigenvalue weighted by atomic mass is 16.6. The van der Waals surface area contributed by atoms with Crippen LogP contribution in [0.25, 0.3) is 0 Å². The van der Waals surface area contributed by atoms with Gasteiger partial charge < -0.3 is 5.11 Å². The zero-order chi connectivity index (χ0) is 13.1. The summed E-state index contributed by atoms with van der Waals surface area (Å²) in [5.41, 5.74) is 0.617. The topological polar surface area (TPSA) is 66.6 Å². The summed E-state index contributed by atoms with van der Waals surface area (Å²) < 4.78 is 0. The van der Waals surface area contributed by atoms with Crippen molar-refractivity contribution < 1.29 is 10.0 Å². The Morgan fingerprint density at radius 3 is 2.65 bits per heavy atom. The standard InChI is InChI=1S/C12H18N2O3/c1-12(2,9-15)13(3)8-10-5-4-6-11(7-10)14(16)17/h4-7,15H,8-9H2,1-3H3. The van der Waals surface area contributed by atoms with E-state index in [2.05, 4.69) is 0 Å². The number of benzene rings is 1. The molecular formula is C12H18N2O3. The van der Waals surface area contributed by atoms with Gasteiger partial charge in [-0.05, 0) is 26.5 Å².